The second kappa shape index (κ2) is 8.88. The van der Waals surface area contributed by atoms with E-state index in [2.05, 4.69) is 27.5 Å². The summed E-state index contributed by atoms with van der Waals surface area (Å²) in [6.45, 7) is 5.65. The Morgan fingerprint density at radius 3 is 2.57 bits per heavy atom. The molecule has 146 valence electrons. The summed E-state index contributed by atoms with van der Waals surface area (Å²) in [5.74, 6) is -1.35. The minimum Gasteiger partial charge on any atom is -0.294 e. The highest BCUT2D eigenvalue weighted by Crippen LogP contribution is 2.21. The molecule has 0 saturated heterocycles. The van der Waals surface area contributed by atoms with Crippen LogP contribution in [0.4, 0.5) is 5.13 Å². The third kappa shape index (κ3) is 4.33. The maximum Gasteiger partial charge on any atom is 0.298 e. The minimum absolute atomic E-state index is 0.314. The summed E-state index contributed by atoms with van der Waals surface area (Å²) >= 11 is 1.31. The summed E-state index contributed by atoms with van der Waals surface area (Å²) in [5, 5.41) is 16.3. The summed E-state index contributed by atoms with van der Waals surface area (Å²) in [5.41, 5.74) is 2.29. The summed E-state index contributed by atoms with van der Waals surface area (Å²) < 4.78 is 1.67. The number of nitrogens with one attached hydrogen (secondary N) is 1. The number of hydrogen-bond acceptors (Lipinski definition) is 6. The lowest BCUT2D eigenvalue weighted by Gasteiger charge is -2.04. The van der Waals surface area contributed by atoms with Gasteiger partial charge in [0.2, 0.25) is 5.13 Å². The number of amides is 1. The molecule has 0 radical (unpaired) electrons. The summed E-state index contributed by atoms with van der Waals surface area (Å²) in [6, 6.07) is 9.50. The smallest absolute Gasteiger partial charge is 0.294 e. The van der Waals surface area contributed by atoms with Crippen LogP contribution in [-0.2, 0) is 11.2 Å². The molecule has 2 heterocycles. The highest BCUT2D eigenvalue weighted by Gasteiger charge is 2.26. The van der Waals surface area contributed by atoms with Gasteiger partial charge in [-0.1, -0.05) is 49.3 Å². The molecule has 0 aliphatic heterocycles. The van der Waals surface area contributed by atoms with Gasteiger partial charge in [0.15, 0.2) is 0 Å². The molecule has 0 aliphatic carbocycles. The molecule has 0 atom stereocenters. The lowest BCUT2D eigenvalue weighted by molar-refractivity contribution is -0.112. The predicted octanol–water partition coefficient (Wildman–Crippen LogP) is 3.89. The number of unbranched alkanes of at least 4 members (excludes halogenated alkanes) is 2. The van der Waals surface area contributed by atoms with Crippen molar-refractivity contribution < 1.29 is 9.59 Å². The van der Waals surface area contributed by atoms with Gasteiger partial charge in [0.1, 0.15) is 5.01 Å². The first kappa shape index (κ1) is 19.9. The van der Waals surface area contributed by atoms with Crippen LogP contribution in [0, 0.1) is 13.8 Å². The quantitative estimate of drug-likeness (QED) is 0.354. The van der Waals surface area contributed by atoms with Crippen LogP contribution in [-0.4, -0.2) is 31.7 Å². The Hall–Kier alpha value is -2.87. The van der Waals surface area contributed by atoms with Crippen molar-refractivity contribution in [3.8, 4) is 5.69 Å². The van der Waals surface area contributed by atoms with Gasteiger partial charge in [0, 0.05) is 6.42 Å². The van der Waals surface area contributed by atoms with Crippen LogP contribution in [0.25, 0.3) is 5.69 Å². The van der Waals surface area contributed by atoms with Crippen LogP contribution in [0.2, 0.25) is 0 Å². The van der Waals surface area contributed by atoms with Crippen LogP contribution in [0.1, 0.15) is 52.9 Å². The van der Waals surface area contributed by atoms with Gasteiger partial charge < -0.3 is 0 Å². The van der Waals surface area contributed by atoms with E-state index >= 15 is 0 Å². The summed E-state index contributed by atoms with van der Waals surface area (Å²) in [7, 11) is 0. The van der Waals surface area contributed by atoms with Gasteiger partial charge in [-0.25, -0.2) is 4.68 Å². The minimum atomic E-state index is -0.727. The molecule has 8 heteroatoms. The Bertz CT molecular complexity index is 978. The van der Waals surface area contributed by atoms with Crippen molar-refractivity contribution >= 4 is 28.2 Å². The average Bonchev–Trinajstić information content (AvgIpc) is 3.25. The van der Waals surface area contributed by atoms with Gasteiger partial charge in [-0.2, -0.15) is 5.10 Å². The summed E-state index contributed by atoms with van der Waals surface area (Å²) in [6.07, 6.45) is 4.13. The van der Waals surface area contributed by atoms with E-state index in [1.54, 1.807) is 18.5 Å². The van der Waals surface area contributed by atoms with Crippen molar-refractivity contribution in [2.75, 3.05) is 5.32 Å². The van der Waals surface area contributed by atoms with Crippen molar-refractivity contribution in [3.05, 3.63) is 52.3 Å². The van der Waals surface area contributed by atoms with E-state index in [-0.39, 0.29) is 0 Å². The Morgan fingerprint density at radius 1 is 1.11 bits per heavy atom. The van der Waals surface area contributed by atoms with Crippen LogP contribution in [0.15, 0.2) is 30.3 Å². The molecule has 2 aromatic heterocycles. The molecule has 3 aromatic rings. The molecule has 0 unspecified atom stereocenters. The van der Waals surface area contributed by atoms with E-state index in [0.717, 1.165) is 36.4 Å². The van der Waals surface area contributed by atoms with Crippen molar-refractivity contribution in [3.63, 3.8) is 0 Å². The highest BCUT2D eigenvalue weighted by molar-refractivity contribution is 7.15. The Kier molecular flexibility index (Phi) is 6.30. The number of nitrogens with zero attached hydrogens (tertiary/aromatic N) is 4. The number of aromatic nitrogens is 4. The molecule has 0 bridgehead atoms. The Balaban J connectivity index is 1.74. The zero-order chi connectivity index (χ0) is 20.1. The number of benzene rings is 1. The first-order chi connectivity index (χ1) is 13.5. The van der Waals surface area contributed by atoms with E-state index in [9.17, 15) is 9.59 Å². The lowest BCUT2D eigenvalue weighted by atomic mass is 10.1. The molecule has 1 amide bonds. The van der Waals surface area contributed by atoms with Crippen LogP contribution >= 0.6 is 11.3 Å². The molecule has 0 fully saturated rings. The number of aryl methyl sites for hydroxylation is 2. The van der Waals surface area contributed by atoms with Crippen molar-refractivity contribution in [2.24, 2.45) is 0 Å². The topological polar surface area (TPSA) is 89.8 Å². The van der Waals surface area contributed by atoms with E-state index in [1.165, 1.54) is 11.3 Å². The Labute approximate surface area is 167 Å². The molecular weight excluding hydrogens is 374 g/mol. The zero-order valence-corrected chi connectivity index (χ0v) is 17.0. The number of rotatable bonds is 8. The molecule has 0 saturated carbocycles. The number of hydrogen-bond donors (Lipinski definition) is 1. The number of anilines is 1. The van der Waals surface area contributed by atoms with Crippen LogP contribution in [0.3, 0.4) is 0 Å². The second-order valence-electron chi connectivity index (χ2n) is 6.53. The van der Waals surface area contributed by atoms with E-state index in [4.69, 9.17) is 0 Å². The standard InChI is InChI=1S/C20H23N5O2S/c1-4-5-7-12-16-22-23-20(28-16)21-19(27)18(26)17-13(2)24-25(14(17)3)15-10-8-6-9-11-15/h6,8-11H,4-5,7,12H2,1-3H3,(H,21,23,27). The van der Waals surface area contributed by atoms with Crippen LogP contribution in [0.5, 0.6) is 0 Å². The molecule has 1 N–H and O–H groups in total. The fourth-order valence-electron chi connectivity index (χ4n) is 2.99. The van der Waals surface area contributed by atoms with Crippen molar-refractivity contribution in [1.82, 2.24) is 20.0 Å². The van der Waals surface area contributed by atoms with E-state index in [1.807, 2.05) is 30.3 Å². The SMILES string of the molecule is CCCCCc1nnc(NC(=O)C(=O)c2c(C)nn(-c3ccccc3)c2C)s1. The van der Waals surface area contributed by atoms with Crippen LogP contribution < -0.4 is 5.32 Å². The second-order valence-corrected chi connectivity index (χ2v) is 7.60. The Morgan fingerprint density at radius 2 is 1.86 bits per heavy atom. The maximum absolute atomic E-state index is 12.7. The molecule has 0 aliphatic rings. The van der Waals surface area contributed by atoms with Gasteiger partial charge in [0.25, 0.3) is 11.7 Å². The van der Waals surface area contributed by atoms with E-state index in [0.29, 0.717) is 22.1 Å². The predicted molar refractivity (Wildman–Crippen MR) is 109 cm³/mol. The monoisotopic (exact) mass is 397 g/mol. The summed E-state index contributed by atoms with van der Waals surface area (Å²) in [4.78, 5) is 25.2. The normalized spacial score (nSPS) is 10.8. The largest absolute Gasteiger partial charge is 0.298 e. The molecule has 0 spiro atoms. The molecule has 7 nitrogen and oxygen atoms in total. The molecular formula is C20H23N5O2S. The fourth-order valence-corrected chi connectivity index (χ4v) is 3.77. The molecule has 1 aromatic carbocycles. The van der Waals surface area contributed by atoms with Crippen molar-refractivity contribution in [1.29, 1.82) is 0 Å². The van der Waals surface area contributed by atoms with Gasteiger partial charge in [-0.3, -0.25) is 14.9 Å². The third-order valence-corrected chi connectivity index (χ3v) is 5.31. The number of ketones is 1. The fraction of sp³-hybridized carbons (Fsp3) is 0.350. The van der Waals surface area contributed by atoms with Gasteiger partial charge in [0.05, 0.1) is 22.6 Å². The van der Waals surface area contributed by atoms with Gasteiger partial charge in [-0.05, 0) is 32.4 Å². The average molecular weight is 398 g/mol. The van der Waals surface area contributed by atoms with Crippen molar-refractivity contribution in [2.45, 2.75) is 46.5 Å². The highest BCUT2D eigenvalue weighted by atomic mass is 32.1. The lowest BCUT2D eigenvalue weighted by Crippen LogP contribution is -2.24. The number of para-hydroxylation sites is 1. The zero-order valence-electron chi connectivity index (χ0n) is 16.2. The number of carbonyl (C=O) groups is 2. The van der Waals surface area contributed by atoms with E-state index < -0.39 is 11.7 Å². The first-order valence-corrected chi connectivity index (χ1v) is 10.1. The van der Waals surface area contributed by atoms with Gasteiger partial charge >= 0.3 is 0 Å². The molecule has 28 heavy (non-hydrogen) atoms. The molecule has 3 rings (SSSR count). The maximum atomic E-state index is 12.7. The van der Waals surface area contributed by atoms with Gasteiger partial charge in [-0.15, -0.1) is 10.2 Å². The number of Topliss-reactive ketones (excluding diaryl/α,β-unsaturated/α-hetero) is 1. The number of carbonyl (C=O) groups excluding carboxylic acids is 2. The first-order valence-electron chi connectivity index (χ1n) is 9.31. The third-order valence-electron chi connectivity index (χ3n) is 4.41.